The molecule has 1 saturated heterocycles. The second-order valence-electron chi connectivity index (χ2n) is 5.95. The zero-order valence-corrected chi connectivity index (χ0v) is 19.2. The van der Waals surface area contributed by atoms with Crippen LogP contribution in [-0.2, 0) is 21.3 Å². The van der Waals surface area contributed by atoms with E-state index in [2.05, 4.69) is 24.8 Å². The molecule has 1 fully saturated rings. The van der Waals surface area contributed by atoms with Crippen LogP contribution in [0.3, 0.4) is 0 Å². The molecule has 0 bridgehead atoms. The third kappa shape index (κ3) is 4.50. The maximum Gasteiger partial charge on any atom is 1.00 e. The van der Waals surface area contributed by atoms with Crippen LogP contribution >= 0.6 is 11.6 Å². The van der Waals surface area contributed by atoms with E-state index in [-0.39, 0.29) is 36.7 Å². The fraction of sp³-hybridized carbons (Fsp3) is 0.353. The Bertz CT molecular complexity index is 1000. The number of aromatic amines is 1. The molecule has 1 aliphatic rings. The Morgan fingerprint density at radius 1 is 1.32 bits per heavy atom. The van der Waals surface area contributed by atoms with Gasteiger partial charge in [-0.1, -0.05) is 11.6 Å². The molecule has 11 heteroatoms. The van der Waals surface area contributed by atoms with Crippen LogP contribution in [0.2, 0.25) is 5.02 Å². The van der Waals surface area contributed by atoms with E-state index in [4.69, 9.17) is 21.1 Å². The van der Waals surface area contributed by atoms with Gasteiger partial charge in [0.25, 0.3) is 0 Å². The second kappa shape index (κ2) is 9.51. The number of H-pyrrole nitrogens is 1. The van der Waals surface area contributed by atoms with Crippen molar-refractivity contribution in [3.05, 3.63) is 35.1 Å². The first-order valence-corrected chi connectivity index (χ1v) is 10.1. The number of hydrogen-bond donors (Lipinski definition) is 1. The minimum atomic E-state index is -1.44. The molecule has 3 aromatic rings. The third-order valence-electron chi connectivity index (χ3n) is 4.28. The normalized spacial score (nSPS) is 15.3. The number of morpholine rings is 1. The largest absolute Gasteiger partial charge is 1.00 e. The molecule has 1 aliphatic heterocycles. The van der Waals surface area contributed by atoms with E-state index in [9.17, 15) is 4.21 Å². The Kier molecular flexibility index (Phi) is 7.30. The summed E-state index contributed by atoms with van der Waals surface area (Å²) in [4.78, 5) is 18.1. The summed E-state index contributed by atoms with van der Waals surface area (Å²) in [5.41, 5.74) is 2.61. The topological polar surface area (TPSA) is 93.2 Å². The average molecular weight is 432 g/mol. The number of nitrogens with one attached hydrogen (secondary N) is 1. The molecule has 1 atom stereocenters. The summed E-state index contributed by atoms with van der Waals surface area (Å²) in [6.45, 7) is 2.86. The molecule has 4 heterocycles. The molecule has 0 amide bonds. The molecular formula is C17H19ClN5NaO3S. The van der Waals surface area contributed by atoms with Crippen molar-refractivity contribution in [3.63, 3.8) is 0 Å². The van der Waals surface area contributed by atoms with Gasteiger partial charge >= 0.3 is 29.6 Å². The number of anilines is 1. The molecule has 4 rings (SSSR count). The van der Waals surface area contributed by atoms with Crippen molar-refractivity contribution in [2.45, 2.75) is 10.9 Å². The van der Waals surface area contributed by atoms with Gasteiger partial charge in [0, 0.05) is 25.4 Å². The van der Waals surface area contributed by atoms with E-state index in [1.807, 2.05) is 6.07 Å². The van der Waals surface area contributed by atoms with Crippen LogP contribution < -0.4 is 39.2 Å². The molecule has 0 saturated carbocycles. The maximum absolute atomic E-state index is 12.8. The maximum atomic E-state index is 12.8. The van der Waals surface area contributed by atoms with Gasteiger partial charge in [0.1, 0.15) is 0 Å². The zero-order chi connectivity index (χ0) is 18.8. The summed E-state index contributed by atoms with van der Waals surface area (Å²) < 4.78 is 23.3. The number of halogens is 1. The monoisotopic (exact) mass is 431 g/mol. The molecule has 0 aliphatic carbocycles. The molecule has 1 unspecified atom stereocenters. The Morgan fingerprint density at radius 2 is 2.11 bits per heavy atom. The van der Waals surface area contributed by atoms with Gasteiger partial charge in [-0.05, 0) is 12.1 Å². The van der Waals surface area contributed by atoms with E-state index < -0.39 is 10.8 Å². The Balaban J connectivity index is 0.00000150. The smallest absolute Gasteiger partial charge is 1.00 e. The van der Waals surface area contributed by atoms with Crippen LogP contribution in [0.25, 0.3) is 11.2 Å². The van der Waals surface area contributed by atoms with Crippen molar-refractivity contribution in [2.75, 3.05) is 38.3 Å². The number of fused-ring (bicyclic) bond motifs is 1. The number of imidazole rings is 1. The van der Waals surface area contributed by atoms with E-state index in [0.717, 1.165) is 18.8 Å². The quantitative estimate of drug-likeness (QED) is 0.533. The van der Waals surface area contributed by atoms with Crippen molar-refractivity contribution in [1.82, 2.24) is 19.9 Å². The molecule has 3 aromatic heterocycles. The van der Waals surface area contributed by atoms with E-state index >= 15 is 0 Å². The molecular weight excluding hydrogens is 413 g/mol. The van der Waals surface area contributed by atoms with Crippen LogP contribution in [-0.4, -0.2) is 57.6 Å². The summed E-state index contributed by atoms with van der Waals surface area (Å²) in [6, 6.07) is 5.38. The van der Waals surface area contributed by atoms with Gasteiger partial charge in [-0.3, -0.25) is 9.19 Å². The van der Waals surface area contributed by atoms with Crippen molar-refractivity contribution in [3.8, 4) is 5.88 Å². The number of hydrogen-bond acceptors (Lipinski definition) is 7. The number of aromatic nitrogens is 4. The molecule has 1 N–H and O–H groups in total. The first kappa shape index (κ1) is 21.5. The van der Waals surface area contributed by atoms with Crippen molar-refractivity contribution in [1.29, 1.82) is 0 Å². The standard InChI is InChI=1S/C17H18ClN5O3S.Na.H/c1-25-14-3-2-11-16(21-14)22-17(20-11)27(24)10-12-15(18)13(4-5-19-12)23-6-8-26-9-7-23;;/h2-5H,6-10H2,1H3,(H,20,21,22);;/q;+1;-1. The van der Waals surface area contributed by atoms with Gasteiger partial charge in [-0.15, -0.1) is 0 Å². The number of pyridine rings is 2. The van der Waals surface area contributed by atoms with Gasteiger partial charge in [0.2, 0.25) is 5.88 Å². The van der Waals surface area contributed by atoms with Crippen LogP contribution in [0.15, 0.2) is 29.6 Å². The third-order valence-corrected chi connectivity index (χ3v) is 5.86. The number of nitrogens with zero attached hydrogens (tertiary/aromatic N) is 4. The predicted molar refractivity (Wildman–Crippen MR) is 104 cm³/mol. The SMILES string of the molecule is COc1ccc2[nH]c(S(=O)Cc3nccc(N4CCOCC4)c3Cl)nc2n1.[H-].[Na+]. The van der Waals surface area contributed by atoms with Crippen LogP contribution in [0.5, 0.6) is 5.88 Å². The summed E-state index contributed by atoms with van der Waals surface area (Å²) in [5.74, 6) is 0.614. The molecule has 0 aromatic carbocycles. The minimum absolute atomic E-state index is 0. The van der Waals surface area contributed by atoms with Crippen LogP contribution in [0.4, 0.5) is 5.69 Å². The molecule has 28 heavy (non-hydrogen) atoms. The van der Waals surface area contributed by atoms with Crippen molar-refractivity contribution >= 4 is 39.3 Å². The van der Waals surface area contributed by atoms with Gasteiger partial charge in [-0.2, -0.15) is 4.98 Å². The Labute approximate surface area is 193 Å². The summed E-state index contributed by atoms with van der Waals surface area (Å²) in [6.07, 6.45) is 1.69. The molecule has 0 radical (unpaired) electrons. The van der Waals surface area contributed by atoms with E-state index in [1.54, 1.807) is 18.3 Å². The molecule has 8 nitrogen and oxygen atoms in total. The van der Waals surface area contributed by atoms with E-state index in [0.29, 0.717) is 46.1 Å². The summed E-state index contributed by atoms with van der Waals surface area (Å²) in [7, 11) is 0.1000. The van der Waals surface area contributed by atoms with Crippen LogP contribution in [0, 0.1) is 0 Å². The van der Waals surface area contributed by atoms with Gasteiger partial charge in [0.05, 0.1) is 58.8 Å². The van der Waals surface area contributed by atoms with Gasteiger partial charge in [0.15, 0.2) is 10.8 Å². The van der Waals surface area contributed by atoms with Crippen molar-refractivity contribution < 1.29 is 44.7 Å². The number of methoxy groups -OCH3 is 1. The summed E-state index contributed by atoms with van der Waals surface area (Å²) in [5, 5.41) is 0.851. The molecule has 144 valence electrons. The first-order valence-electron chi connectivity index (χ1n) is 8.41. The van der Waals surface area contributed by atoms with E-state index in [1.165, 1.54) is 7.11 Å². The zero-order valence-electron chi connectivity index (χ0n) is 16.6. The predicted octanol–water partition coefficient (Wildman–Crippen LogP) is -0.724. The average Bonchev–Trinajstić information content (AvgIpc) is 3.13. The van der Waals surface area contributed by atoms with Gasteiger partial charge in [-0.25, -0.2) is 4.98 Å². The first-order chi connectivity index (χ1) is 13.2. The Hall–Kier alpha value is -1.23. The minimum Gasteiger partial charge on any atom is -1.00 e. The number of ether oxygens (including phenoxy) is 2. The van der Waals surface area contributed by atoms with Crippen LogP contribution in [0.1, 0.15) is 7.12 Å². The second-order valence-corrected chi connectivity index (χ2v) is 7.69. The Morgan fingerprint density at radius 3 is 2.86 bits per heavy atom. The number of rotatable bonds is 5. The molecule has 0 spiro atoms. The van der Waals surface area contributed by atoms with Crippen molar-refractivity contribution in [2.24, 2.45) is 0 Å². The fourth-order valence-corrected chi connectivity index (χ4v) is 4.29. The fourth-order valence-electron chi connectivity index (χ4n) is 2.89. The summed E-state index contributed by atoms with van der Waals surface area (Å²) >= 11 is 6.55. The van der Waals surface area contributed by atoms with Gasteiger partial charge < -0.3 is 20.8 Å².